The number of hydrogen-bond acceptors (Lipinski definition) is 4. The predicted molar refractivity (Wildman–Crippen MR) is 108 cm³/mol. The molecule has 1 aromatic heterocycles. The van der Waals surface area contributed by atoms with E-state index in [-0.39, 0.29) is 11.5 Å². The Labute approximate surface area is 165 Å². The normalized spacial score (nSPS) is 10.7. The summed E-state index contributed by atoms with van der Waals surface area (Å²) in [6, 6.07) is 13.6. The molecule has 2 aromatic carbocycles. The van der Waals surface area contributed by atoms with Gasteiger partial charge in [0.25, 0.3) is 0 Å². The van der Waals surface area contributed by atoms with Crippen molar-refractivity contribution in [2.45, 2.75) is 26.9 Å². The number of carbonyl (C=O) groups excluding carboxylic acids is 1. The van der Waals surface area contributed by atoms with Crippen LogP contribution >= 0.6 is 22.6 Å². The Bertz CT molecular complexity index is 933. The first kappa shape index (κ1) is 18.4. The molecule has 0 saturated carbocycles. The topological polar surface area (TPSA) is 75.2 Å². The zero-order valence-electron chi connectivity index (χ0n) is 14.5. The van der Waals surface area contributed by atoms with E-state index in [0.29, 0.717) is 23.5 Å². The van der Waals surface area contributed by atoms with E-state index in [2.05, 4.69) is 57.1 Å². The Balaban J connectivity index is 1.66. The van der Waals surface area contributed by atoms with Crippen LogP contribution in [0, 0.1) is 10.5 Å². The van der Waals surface area contributed by atoms with Gasteiger partial charge in [0.2, 0.25) is 0 Å². The van der Waals surface area contributed by atoms with E-state index in [4.69, 9.17) is 4.74 Å². The summed E-state index contributed by atoms with van der Waals surface area (Å²) in [5.74, 6) is 0.339. The highest BCUT2D eigenvalue weighted by Gasteiger charge is 2.13. The second-order valence-electron chi connectivity index (χ2n) is 6.12. The van der Waals surface area contributed by atoms with Gasteiger partial charge in [-0.3, -0.25) is 9.89 Å². The minimum absolute atomic E-state index is 0.0287. The summed E-state index contributed by atoms with van der Waals surface area (Å²) < 4.78 is 6.98. The van der Waals surface area contributed by atoms with Crippen LogP contribution in [0.3, 0.4) is 0 Å². The number of nitrogens with zero attached hydrogens (tertiary/aromatic N) is 1. The molecule has 0 amide bonds. The van der Waals surface area contributed by atoms with E-state index in [1.165, 1.54) is 16.1 Å². The maximum atomic E-state index is 11.5. The van der Waals surface area contributed by atoms with Crippen molar-refractivity contribution in [3.63, 3.8) is 0 Å². The molecule has 0 radical (unpaired) electrons. The number of carbonyl (C=O) groups is 1. The fourth-order valence-corrected chi connectivity index (χ4v) is 3.02. The highest BCUT2D eigenvalue weighted by atomic mass is 127. The smallest absolute Gasteiger partial charge is 0.163 e. The van der Waals surface area contributed by atoms with Crippen LogP contribution < -0.4 is 4.74 Å². The summed E-state index contributed by atoms with van der Waals surface area (Å²) in [6.07, 6.45) is 0.751. The molecule has 5 nitrogen and oxygen atoms in total. The quantitative estimate of drug-likeness (QED) is 0.421. The third-order valence-electron chi connectivity index (χ3n) is 4.13. The molecule has 0 saturated heterocycles. The predicted octanol–water partition coefficient (Wildman–Crippen LogP) is 4.40. The monoisotopic (exact) mass is 462 g/mol. The van der Waals surface area contributed by atoms with Crippen LogP contribution in [0.4, 0.5) is 0 Å². The van der Waals surface area contributed by atoms with Crippen LogP contribution in [0.2, 0.25) is 0 Å². The van der Waals surface area contributed by atoms with Gasteiger partial charge in [0.05, 0.1) is 17.0 Å². The van der Waals surface area contributed by atoms with Gasteiger partial charge in [0.1, 0.15) is 18.1 Å². The number of benzene rings is 2. The van der Waals surface area contributed by atoms with Gasteiger partial charge in [-0.05, 0) is 72.3 Å². The Kier molecular flexibility index (Phi) is 5.61. The standard InChI is InChI=1S/C20H19IN2O3/c1-12-19(8-7-18(13(2)24)20(12)25)26-11-17-10-16(22-23-17)9-14-3-5-15(21)6-4-14/h3-8,10,25H,9,11H2,1-2H3,(H,22,23). The summed E-state index contributed by atoms with van der Waals surface area (Å²) >= 11 is 2.28. The van der Waals surface area contributed by atoms with Crippen molar-refractivity contribution in [1.82, 2.24) is 10.2 Å². The second kappa shape index (κ2) is 7.90. The first-order chi connectivity index (χ1) is 12.4. The lowest BCUT2D eigenvalue weighted by molar-refractivity contribution is 0.101. The number of H-pyrrole nitrogens is 1. The number of phenolic OH excluding ortho intramolecular Hbond substituents is 1. The molecular weight excluding hydrogens is 443 g/mol. The molecule has 0 atom stereocenters. The molecule has 134 valence electrons. The third-order valence-corrected chi connectivity index (χ3v) is 4.85. The molecule has 3 rings (SSSR count). The van der Waals surface area contributed by atoms with Gasteiger partial charge in [0, 0.05) is 15.6 Å². The number of ether oxygens (including phenoxy) is 1. The van der Waals surface area contributed by atoms with Gasteiger partial charge in [-0.2, -0.15) is 5.10 Å². The summed E-state index contributed by atoms with van der Waals surface area (Å²) in [4.78, 5) is 11.5. The van der Waals surface area contributed by atoms with E-state index in [9.17, 15) is 9.90 Å². The zero-order valence-corrected chi connectivity index (χ0v) is 16.7. The number of aromatic nitrogens is 2. The van der Waals surface area contributed by atoms with Gasteiger partial charge >= 0.3 is 0 Å². The van der Waals surface area contributed by atoms with Crippen molar-refractivity contribution in [2.24, 2.45) is 0 Å². The van der Waals surface area contributed by atoms with Crippen LogP contribution in [-0.2, 0) is 13.0 Å². The minimum atomic E-state index is -0.175. The van der Waals surface area contributed by atoms with Crippen LogP contribution in [0.5, 0.6) is 11.5 Å². The van der Waals surface area contributed by atoms with Crippen LogP contribution in [0.1, 0.15) is 39.8 Å². The summed E-state index contributed by atoms with van der Waals surface area (Å²) in [5, 5.41) is 17.4. The molecule has 0 aliphatic heterocycles. The number of phenols is 1. The van der Waals surface area contributed by atoms with E-state index in [0.717, 1.165) is 17.8 Å². The molecule has 2 N–H and O–H groups in total. The maximum Gasteiger partial charge on any atom is 0.163 e. The largest absolute Gasteiger partial charge is 0.507 e. The Morgan fingerprint density at radius 2 is 1.96 bits per heavy atom. The molecule has 0 spiro atoms. The fourth-order valence-electron chi connectivity index (χ4n) is 2.66. The number of aromatic hydroxyl groups is 1. The minimum Gasteiger partial charge on any atom is -0.507 e. The van der Waals surface area contributed by atoms with Crippen molar-refractivity contribution in [1.29, 1.82) is 0 Å². The molecule has 1 heterocycles. The number of halogens is 1. The molecule has 0 unspecified atom stereocenters. The number of nitrogens with one attached hydrogen (secondary N) is 1. The lowest BCUT2D eigenvalue weighted by Gasteiger charge is -2.11. The summed E-state index contributed by atoms with van der Waals surface area (Å²) in [5.41, 5.74) is 3.84. The van der Waals surface area contributed by atoms with E-state index >= 15 is 0 Å². The maximum absolute atomic E-state index is 11.5. The fraction of sp³-hybridized carbons (Fsp3) is 0.200. The van der Waals surface area contributed by atoms with Gasteiger partial charge in [-0.15, -0.1) is 0 Å². The number of aromatic amines is 1. The van der Waals surface area contributed by atoms with E-state index < -0.39 is 0 Å². The molecule has 0 fully saturated rings. The number of rotatable bonds is 6. The lowest BCUT2D eigenvalue weighted by Crippen LogP contribution is -2.00. The number of ketones is 1. The first-order valence-electron chi connectivity index (χ1n) is 8.18. The molecule has 0 aliphatic carbocycles. The van der Waals surface area contributed by atoms with Crippen molar-refractivity contribution in [3.05, 3.63) is 74.1 Å². The lowest BCUT2D eigenvalue weighted by atomic mass is 10.1. The second-order valence-corrected chi connectivity index (χ2v) is 7.36. The van der Waals surface area contributed by atoms with Crippen molar-refractivity contribution < 1.29 is 14.6 Å². The molecular formula is C20H19IN2O3. The molecule has 6 heteroatoms. The van der Waals surface area contributed by atoms with Gasteiger partial charge in [0.15, 0.2) is 5.78 Å². The summed E-state index contributed by atoms with van der Waals surface area (Å²) in [7, 11) is 0. The molecule has 0 aliphatic rings. The number of Topliss-reactive ketones (excluding diaryl/α,β-unsaturated/α-hetero) is 1. The number of hydrogen-bond donors (Lipinski definition) is 2. The highest BCUT2D eigenvalue weighted by Crippen LogP contribution is 2.31. The van der Waals surface area contributed by atoms with Gasteiger partial charge in [-0.1, -0.05) is 12.1 Å². The summed E-state index contributed by atoms with van der Waals surface area (Å²) in [6.45, 7) is 3.46. The van der Waals surface area contributed by atoms with Crippen LogP contribution in [0.15, 0.2) is 42.5 Å². The van der Waals surface area contributed by atoms with Gasteiger partial charge < -0.3 is 9.84 Å². The third kappa shape index (κ3) is 4.24. The van der Waals surface area contributed by atoms with Crippen molar-refractivity contribution in [2.75, 3.05) is 0 Å². The molecule has 26 heavy (non-hydrogen) atoms. The average Bonchev–Trinajstić information content (AvgIpc) is 3.05. The zero-order chi connectivity index (χ0) is 18.7. The van der Waals surface area contributed by atoms with Gasteiger partial charge in [-0.25, -0.2) is 0 Å². The Morgan fingerprint density at radius 1 is 1.23 bits per heavy atom. The molecule has 3 aromatic rings. The first-order valence-corrected chi connectivity index (χ1v) is 9.26. The van der Waals surface area contributed by atoms with E-state index in [1.54, 1.807) is 19.1 Å². The molecule has 0 bridgehead atoms. The van der Waals surface area contributed by atoms with Crippen molar-refractivity contribution >= 4 is 28.4 Å². The Hall–Kier alpha value is -2.35. The van der Waals surface area contributed by atoms with E-state index in [1.807, 2.05) is 6.07 Å². The highest BCUT2D eigenvalue weighted by molar-refractivity contribution is 14.1. The average molecular weight is 462 g/mol. The van der Waals surface area contributed by atoms with Crippen LogP contribution in [-0.4, -0.2) is 21.1 Å². The SMILES string of the molecule is CC(=O)c1ccc(OCc2cc(Cc3ccc(I)cc3)n[nH]2)c(C)c1O. The Morgan fingerprint density at radius 3 is 2.65 bits per heavy atom. The van der Waals surface area contributed by atoms with Crippen LogP contribution in [0.25, 0.3) is 0 Å². The van der Waals surface area contributed by atoms with Crippen molar-refractivity contribution in [3.8, 4) is 11.5 Å².